The Morgan fingerprint density at radius 1 is 1.44 bits per heavy atom. The smallest absolute Gasteiger partial charge is 0.257 e. The fourth-order valence-corrected chi connectivity index (χ4v) is 2.30. The van der Waals surface area contributed by atoms with Gasteiger partial charge in [-0.1, -0.05) is 0 Å². The molecule has 1 aromatic rings. The van der Waals surface area contributed by atoms with Crippen molar-refractivity contribution in [3.05, 3.63) is 23.8 Å². The minimum atomic E-state index is -0.885. The van der Waals surface area contributed by atoms with Crippen LogP contribution in [0.1, 0.15) is 28.9 Å². The summed E-state index contributed by atoms with van der Waals surface area (Å²) in [5.41, 5.74) is 1.03. The molecule has 1 amide bonds. The highest BCUT2D eigenvalue weighted by molar-refractivity contribution is 5.95. The van der Waals surface area contributed by atoms with E-state index in [1.165, 1.54) is 17.4 Å². The molecule has 1 fully saturated rings. The Morgan fingerprint density at radius 3 is 2.72 bits per heavy atom. The van der Waals surface area contributed by atoms with Gasteiger partial charge in [0.1, 0.15) is 12.4 Å². The van der Waals surface area contributed by atoms with Gasteiger partial charge >= 0.3 is 0 Å². The van der Waals surface area contributed by atoms with E-state index >= 15 is 0 Å². The van der Waals surface area contributed by atoms with Crippen LogP contribution < -0.4 is 0 Å². The summed E-state index contributed by atoms with van der Waals surface area (Å²) in [5.74, 6) is -0.230. The molecule has 0 saturated heterocycles. The normalized spacial score (nSPS) is 27.2. The zero-order valence-corrected chi connectivity index (χ0v) is 10.4. The second-order valence-corrected chi connectivity index (χ2v) is 4.64. The Bertz CT molecular complexity index is 452. The number of aryl methyl sites for hydroxylation is 1. The average molecular weight is 251 g/mol. The van der Waals surface area contributed by atoms with Gasteiger partial charge in [0.05, 0.1) is 23.4 Å². The monoisotopic (exact) mass is 251 g/mol. The molecule has 1 aliphatic rings. The number of aromatic nitrogens is 2. The first kappa shape index (κ1) is 12.9. The van der Waals surface area contributed by atoms with E-state index in [9.17, 15) is 15.0 Å². The van der Waals surface area contributed by atoms with Crippen LogP contribution in [0, 0.1) is 6.92 Å². The number of nitrogens with zero attached hydrogens (tertiary/aromatic N) is 3. The highest BCUT2D eigenvalue weighted by atomic mass is 16.3. The number of likely N-dealkylation sites (N-methyl/N-ethyl adjacent to an activating group) is 1. The van der Waals surface area contributed by atoms with Crippen molar-refractivity contribution >= 4 is 5.91 Å². The SMILES string of the molecule is Cc1ncncc1C(=O)N(C)[C@@H]1CC[C@@H](O)[C@@H]1O. The Kier molecular flexibility index (Phi) is 3.58. The van der Waals surface area contributed by atoms with Crippen LogP contribution in [-0.2, 0) is 0 Å². The van der Waals surface area contributed by atoms with Crippen molar-refractivity contribution < 1.29 is 15.0 Å². The Morgan fingerprint density at radius 2 is 2.17 bits per heavy atom. The van der Waals surface area contributed by atoms with Crippen LogP contribution in [0.2, 0.25) is 0 Å². The van der Waals surface area contributed by atoms with Gasteiger partial charge in [0, 0.05) is 13.2 Å². The van der Waals surface area contributed by atoms with Crippen molar-refractivity contribution in [2.75, 3.05) is 7.05 Å². The minimum absolute atomic E-state index is 0.230. The molecule has 0 spiro atoms. The van der Waals surface area contributed by atoms with Crippen molar-refractivity contribution in [3.63, 3.8) is 0 Å². The Balaban J connectivity index is 2.17. The molecule has 0 aromatic carbocycles. The Labute approximate surface area is 105 Å². The third-order valence-corrected chi connectivity index (χ3v) is 3.51. The zero-order chi connectivity index (χ0) is 13.3. The largest absolute Gasteiger partial charge is 0.390 e. The van der Waals surface area contributed by atoms with Crippen LogP contribution in [-0.4, -0.2) is 56.3 Å². The van der Waals surface area contributed by atoms with Crippen LogP contribution in [0.25, 0.3) is 0 Å². The molecule has 0 radical (unpaired) electrons. The fourth-order valence-electron chi connectivity index (χ4n) is 2.30. The van der Waals surface area contributed by atoms with E-state index in [-0.39, 0.29) is 11.9 Å². The van der Waals surface area contributed by atoms with Gasteiger partial charge in [0.25, 0.3) is 5.91 Å². The lowest BCUT2D eigenvalue weighted by molar-refractivity contribution is 0.00653. The maximum atomic E-state index is 12.3. The summed E-state index contributed by atoms with van der Waals surface area (Å²) in [5, 5.41) is 19.3. The second-order valence-electron chi connectivity index (χ2n) is 4.64. The van der Waals surface area contributed by atoms with Crippen molar-refractivity contribution in [2.45, 2.75) is 38.0 Å². The van der Waals surface area contributed by atoms with Crippen LogP contribution in [0.5, 0.6) is 0 Å². The third kappa shape index (κ3) is 2.21. The lowest BCUT2D eigenvalue weighted by Crippen LogP contribution is -2.44. The predicted molar refractivity (Wildman–Crippen MR) is 63.9 cm³/mol. The van der Waals surface area contributed by atoms with E-state index in [2.05, 4.69) is 9.97 Å². The van der Waals surface area contributed by atoms with Crippen molar-refractivity contribution in [2.24, 2.45) is 0 Å². The summed E-state index contributed by atoms with van der Waals surface area (Å²) in [6, 6.07) is -0.355. The molecule has 0 bridgehead atoms. The van der Waals surface area contributed by atoms with E-state index in [1.54, 1.807) is 14.0 Å². The topological polar surface area (TPSA) is 86.6 Å². The summed E-state index contributed by atoms with van der Waals surface area (Å²) >= 11 is 0. The number of aliphatic hydroxyl groups is 2. The van der Waals surface area contributed by atoms with E-state index in [1.807, 2.05) is 0 Å². The van der Waals surface area contributed by atoms with Gasteiger partial charge < -0.3 is 15.1 Å². The van der Waals surface area contributed by atoms with E-state index < -0.39 is 12.2 Å². The van der Waals surface area contributed by atoms with Gasteiger partial charge in [-0.2, -0.15) is 0 Å². The molecule has 18 heavy (non-hydrogen) atoms. The lowest BCUT2D eigenvalue weighted by atomic mass is 10.1. The number of amides is 1. The van der Waals surface area contributed by atoms with Gasteiger partial charge in [0.15, 0.2) is 0 Å². The first-order valence-electron chi connectivity index (χ1n) is 5.92. The molecule has 98 valence electrons. The summed E-state index contributed by atoms with van der Waals surface area (Å²) in [6.45, 7) is 1.74. The minimum Gasteiger partial charge on any atom is -0.390 e. The maximum absolute atomic E-state index is 12.3. The van der Waals surface area contributed by atoms with Gasteiger partial charge in [-0.15, -0.1) is 0 Å². The number of aliphatic hydroxyl groups excluding tert-OH is 2. The third-order valence-electron chi connectivity index (χ3n) is 3.51. The highest BCUT2D eigenvalue weighted by Crippen LogP contribution is 2.25. The van der Waals surface area contributed by atoms with Gasteiger partial charge in [-0.25, -0.2) is 9.97 Å². The van der Waals surface area contributed by atoms with Gasteiger partial charge in [-0.05, 0) is 19.8 Å². The molecule has 1 heterocycles. The molecule has 2 rings (SSSR count). The predicted octanol–water partition coefficient (Wildman–Crippen LogP) is -0.259. The molecule has 0 unspecified atom stereocenters. The first-order valence-corrected chi connectivity index (χ1v) is 5.92. The molecule has 0 aliphatic heterocycles. The number of hydrogen-bond donors (Lipinski definition) is 2. The number of hydrogen-bond acceptors (Lipinski definition) is 5. The lowest BCUT2D eigenvalue weighted by Gasteiger charge is -2.28. The molecule has 1 aliphatic carbocycles. The van der Waals surface area contributed by atoms with Gasteiger partial charge in [0.2, 0.25) is 0 Å². The molecular weight excluding hydrogens is 234 g/mol. The van der Waals surface area contributed by atoms with Crippen LogP contribution in [0.3, 0.4) is 0 Å². The van der Waals surface area contributed by atoms with E-state index in [0.717, 1.165) is 0 Å². The summed E-state index contributed by atoms with van der Waals surface area (Å²) in [6.07, 6.45) is 2.33. The number of rotatable bonds is 2. The Hall–Kier alpha value is -1.53. The quantitative estimate of drug-likeness (QED) is 0.756. The first-order chi connectivity index (χ1) is 8.52. The molecule has 6 nitrogen and oxygen atoms in total. The van der Waals surface area contributed by atoms with Crippen molar-refractivity contribution in [3.8, 4) is 0 Å². The molecule has 1 saturated carbocycles. The van der Waals surface area contributed by atoms with E-state index in [0.29, 0.717) is 24.1 Å². The van der Waals surface area contributed by atoms with Gasteiger partial charge in [-0.3, -0.25) is 4.79 Å². The zero-order valence-electron chi connectivity index (χ0n) is 10.4. The maximum Gasteiger partial charge on any atom is 0.257 e. The molecule has 2 N–H and O–H groups in total. The van der Waals surface area contributed by atoms with Crippen LogP contribution in [0.15, 0.2) is 12.5 Å². The molecule has 1 aromatic heterocycles. The molecule has 6 heteroatoms. The number of carbonyl (C=O) groups excluding carboxylic acids is 1. The molecular formula is C12H17N3O3. The van der Waals surface area contributed by atoms with Crippen LogP contribution >= 0.6 is 0 Å². The van der Waals surface area contributed by atoms with E-state index in [4.69, 9.17) is 0 Å². The summed E-state index contributed by atoms with van der Waals surface area (Å²) < 4.78 is 0. The average Bonchev–Trinajstić information content (AvgIpc) is 2.69. The highest BCUT2D eigenvalue weighted by Gasteiger charge is 2.38. The van der Waals surface area contributed by atoms with Crippen molar-refractivity contribution in [1.29, 1.82) is 0 Å². The van der Waals surface area contributed by atoms with Crippen molar-refractivity contribution in [1.82, 2.24) is 14.9 Å². The summed E-state index contributed by atoms with van der Waals surface area (Å²) in [4.78, 5) is 21.5. The second kappa shape index (κ2) is 4.99. The molecule has 3 atom stereocenters. The van der Waals surface area contributed by atoms with Crippen LogP contribution in [0.4, 0.5) is 0 Å². The summed E-state index contributed by atoms with van der Waals surface area (Å²) in [7, 11) is 1.63. The standard InChI is InChI=1S/C12H17N3O3/c1-7-8(5-13-6-14-7)12(18)15(2)9-3-4-10(16)11(9)17/h5-6,9-11,16-17H,3-4H2,1-2H3/t9-,10-,11-/m1/s1. The fraction of sp³-hybridized carbons (Fsp3) is 0.583. The number of carbonyl (C=O) groups is 1.